The minimum Gasteiger partial charge on any atom is -0.493 e. The molecule has 0 aromatic heterocycles. The Morgan fingerprint density at radius 1 is 1.00 bits per heavy atom. The van der Waals surface area contributed by atoms with Crippen LogP contribution in [0.5, 0.6) is 11.5 Å². The van der Waals surface area contributed by atoms with Crippen molar-refractivity contribution in [3.63, 3.8) is 0 Å². The van der Waals surface area contributed by atoms with Crippen LogP contribution in [0.1, 0.15) is 36.2 Å². The molecule has 2 aromatic carbocycles. The highest BCUT2D eigenvalue weighted by Crippen LogP contribution is 2.28. The number of benzene rings is 2. The number of rotatable bonds is 9. The van der Waals surface area contributed by atoms with Gasteiger partial charge in [0.15, 0.2) is 11.5 Å². The fraction of sp³-hybridized carbons (Fsp3) is 0.333. The number of hydrogen-bond donors (Lipinski definition) is 1. The van der Waals surface area contributed by atoms with Crippen molar-refractivity contribution in [3.05, 3.63) is 53.6 Å². The molecule has 0 saturated heterocycles. The molecule has 0 unspecified atom stereocenters. The molecule has 6 heteroatoms. The molecular formula is C21H25NO5. The van der Waals surface area contributed by atoms with Gasteiger partial charge in [-0.2, -0.15) is 0 Å². The van der Waals surface area contributed by atoms with Crippen LogP contribution in [0.2, 0.25) is 0 Å². The van der Waals surface area contributed by atoms with Crippen molar-refractivity contribution in [1.29, 1.82) is 0 Å². The number of nitrogens with one attached hydrogen (secondary N) is 1. The molecule has 0 aliphatic carbocycles. The van der Waals surface area contributed by atoms with Crippen molar-refractivity contribution >= 4 is 17.6 Å². The number of carbonyl (C=O) groups excluding carboxylic acids is 2. The monoisotopic (exact) mass is 371 g/mol. The molecule has 0 aliphatic heterocycles. The standard InChI is InChI=1S/C21H25NO5/c1-4-26-18-11-9-15(13-19(18)25-3)10-12-20(23)22-17-8-6-7-16(14-17)21(24)27-5-2/h6-9,11,13-14H,4-5,10,12H2,1-3H3,(H,22,23). The van der Waals surface area contributed by atoms with Gasteiger partial charge in [-0.15, -0.1) is 0 Å². The summed E-state index contributed by atoms with van der Waals surface area (Å²) in [6, 6.07) is 12.3. The van der Waals surface area contributed by atoms with Crippen LogP contribution < -0.4 is 14.8 Å². The van der Waals surface area contributed by atoms with Gasteiger partial charge in [0.2, 0.25) is 5.91 Å². The van der Waals surface area contributed by atoms with Crippen LogP contribution in [0.25, 0.3) is 0 Å². The summed E-state index contributed by atoms with van der Waals surface area (Å²) >= 11 is 0. The third-order valence-electron chi connectivity index (χ3n) is 3.83. The number of amides is 1. The Labute approximate surface area is 159 Å². The van der Waals surface area contributed by atoms with Crippen LogP contribution in [0, 0.1) is 0 Å². The first-order chi connectivity index (χ1) is 13.1. The Hall–Kier alpha value is -3.02. The van der Waals surface area contributed by atoms with E-state index >= 15 is 0 Å². The minimum atomic E-state index is -0.407. The summed E-state index contributed by atoms with van der Waals surface area (Å²) < 4.78 is 15.8. The zero-order valence-electron chi connectivity index (χ0n) is 15.9. The lowest BCUT2D eigenvalue weighted by Crippen LogP contribution is -2.13. The van der Waals surface area contributed by atoms with Crippen molar-refractivity contribution in [3.8, 4) is 11.5 Å². The van der Waals surface area contributed by atoms with Crippen molar-refractivity contribution < 1.29 is 23.8 Å². The number of esters is 1. The van der Waals surface area contributed by atoms with E-state index in [-0.39, 0.29) is 5.91 Å². The number of ether oxygens (including phenoxy) is 3. The Morgan fingerprint density at radius 2 is 1.81 bits per heavy atom. The smallest absolute Gasteiger partial charge is 0.338 e. The molecule has 0 atom stereocenters. The molecule has 0 heterocycles. The fourth-order valence-corrected chi connectivity index (χ4v) is 2.56. The molecule has 144 valence electrons. The third-order valence-corrected chi connectivity index (χ3v) is 3.83. The van der Waals surface area contributed by atoms with Crippen LogP contribution in [-0.4, -0.2) is 32.2 Å². The van der Waals surface area contributed by atoms with Crippen LogP contribution >= 0.6 is 0 Å². The molecule has 0 spiro atoms. The van der Waals surface area contributed by atoms with Gasteiger partial charge in [-0.1, -0.05) is 12.1 Å². The number of aryl methyl sites for hydroxylation is 1. The number of methoxy groups -OCH3 is 1. The summed E-state index contributed by atoms with van der Waals surface area (Å²) in [6.45, 7) is 4.53. The molecule has 1 N–H and O–H groups in total. The summed E-state index contributed by atoms with van der Waals surface area (Å²) in [5.41, 5.74) is 1.95. The zero-order chi connectivity index (χ0) is 19.6. The van der Waals surface area contributed by atoms with Gasteiger partial charge in [0.25, 0.3) is 0 Å². The quantitative estimate of drug-likeness (QED) is 0.678. The Morgan fingerprint density at radius 3 is 2.52 bits per heavy atom. The molecule has 2 rings (SSSR count). The van der Waals surface area contributed by atoms with Gasteiger partial charge in [0, 0.05) is 12.1 Å². The predicted molar refractivity (Wildman–Crippen MR) is 104 cm³/mol. The summed E-state index contributed by atoms with van der Waals surface area (Å²) in [7, 11) is 1.59. The van der Waals surface area contributed by atoms with Crippen molar-refractivity contribution in [2.45, 2.75) is 26.7 Å². The number of carbonyl (C=O) groups is 2. The first kappa shape index (κ1) is 20.3. The van der Waals surface area contributed by atoms with E-state index in [1.807, 2.05) is 25.1 Å². The van der Waals surface area contributed by atoms with Gasteiger partial charge in [0.1, 0.15) is 0 Å². The first-order valence-corrected chi connectivity index (χ1v) is 8.94. The molecule has 1 amide bonds. The lowest BCUT2D eigenvalue weighted by Gasteiger charge is -2.11. The molecule has 0 saturated carbocycles. The molecule has 27 heavy (non-hydrogen) atoms. The second-order valence-corrected chi connectivity index (χ2v) is 5.77. The lowest BCUT2D eigenvalue weighted by atomic mass is 10.1. The second kappa shape index (κ2) is 10.2. The van der Waals surface area contributed by atoms with E-state index in [2.05, 4.69) is 5.32 Å². The van der Waals surface area contributed by atoms with Crippen molar-refractivity contribution in [1.82, 2.24) is 0 Å². The van der Waals surface area contributed by atoms with Crippen LogP contribution in [-0.2, 0) is 16.0 Å². The summed E-state index contributed by atoms with van der Waals surface area (Å²) in [5.74, 6) is 0.792. The van der Waals surface area contributed by atoms with E-state index in [0.29, 0.717) is 48.8 Å². The van der Waals surface area contributed by atoms with Gasteiger partial charge >= 0.3 is 5.97 Å². The predicted octanol–water partition coefficient (Wildman–Crippen LogP) is 3.84. The Bertz CT molecular complexity index is 788. The Kier molecular flexibility index (Phi) is 7.67. The highest BCUT2D eigenvalue weighted by Gasteiger charge is 2.10. The van der Waals surface area contributed by atoms with E-state index in [4.69, 9.17) is 14.2 Å². The average Bonchev–Trinajstić information content (AvgIpc) is 2.67. The molecule has 6 nitrogen and oxygen atoms in total. The van der Waals surface area contributed by atoms with Crippen molar-refractivity contribution in [2.24, 2.45) is 0 Å². The average molecular weight is 371 g/mol. The number of hydrogen-bond acceptors (Lipinski definition) is 5. The van der Waals surface area contributed by atoms with Gasteiger partial charge in [-0.05, 0) is 56.2 Å². The SMILES string of the molecule is CCOC(=O)c1cccc(NC(=O)CCc2ccc(OCC)c(OC)c2)c1. The summed E-state index contributed by atoms with van der Waals surface area (Å²) in [5, 5.41) is 2.81. The van der Waals surface area contributed by atoms with Gasteiger partial charge in [-0.25, -0.2) is 4.79 Å². The largest absolute Gasteiger partial charge is 0.493 e. The molecular weight excluding hydrogens is 346 g/mol. The minimum absolute atomic E-state index is 0.135. The van der Waals surface area contributed by atoms with Gasteiger partial charge in [-0.3, -0.25) is 4.79 Å². The highest BCUT2D eigenvalue weighted by atomic mass is 16.5. The van der Waals surface area contributed by atoms with E-state index in [1.54, 1.807) is 38.3 Å². The van der Waals surface area contributed by atoms with Crippen LogP contribution in [0.15, 0.2) is 42.5 Å². The summed E-state index contributed by atoms with van der Waals surface area (Å²) in [4.78, 5) is 24.0. The van der Waals surface area contributed by atoms with Crippen molar-refractivity contribution in [2.75, 3.05) is 25.6 Å². The second-order valence-electron chi connectivity index (χ2n) is 5.77. The van der Waals surface area contributed by atoms with Gasteiger partial charge in [0.05, 0.1) is 25.9 Å². The molecule has 0 radical (unpaired) electrons. The van der Waals surface area contributed by atoms with E-state index in [1.165, 1.54) is 0 Å². The van der Waals surface area contributed by atoms with Gasteiger partial charge < -0.3 is 19.5 Å². The summed E-state index contributed by atoms with van der Waals surface area (Å²) in [6.07, 6.45) is 0.868. The lowest BCUT2D eigenvalue weighted by molar-refractivity contribution is -0.116. The maximum Gasteiger partial charge on any atom is 0.338 e. The molecule has 0 fully saturated rings. The topological polar surface area (TPSA) is 73.9 Å². The zero-order valence-corrected chi connectivity index (χ0v) is 15.9. The molecule has 0 bridgehead atoms. The third kappa shape index (κ3) is 6.02. The van der Waals surface area contributed by atoms with E-state index in [0.717, 1.165) is 5.56 Å². The number of anilines is 1. The van der Waals surface area contributed by atoms with Crippen LogP contribution in [0.3, 0.4) is 0 Å². The maximum atomic E-state index is 12.2. The van der Waals surface area contributed by atoms with Crippen LogP contribution in [0.4, 0.5) is 5.69 Å². The maximum absolute atomic E-state index is 12.2. The normalized spacial score (nSPS) is 10.2. The molecule has 2 aromatic rings. The molecule has 0 aliphatic rings. The van der Waals surface area contributed by atoms with E-state index < -0.39 is 5.97 Å². The fourth-order valence-electron chi connectivity index (χ4n) is 2.56. The first-order valence-electron chi connectivity index (χ1n) is 8.94. The Balaban J connectivity index is 1.95. The highest BCUT2D eigenvalue weighted by molar-refractivity contribution is 5.94. The van der Waals surface area contributed by atoms with E-state index in [9.17, 15) is 9.59 Å².